The number of thiophene rings is 1. The van der Waals surface area contributed by atoms with Gasteiger partial charge in [-0.1, -0.05) is 12.1 Å². The highest BCUT2D eigenvalue weighted by Crippen LogP contribution is 2.36. The zero-order valence-corrected chi connectivity index (χ0v) is 21.6. The van der Waals surface area contributed by atoms with Crippen molar-refractivity contribution in [2.75, 3.05) is 26.1 Å². The molecule has 13 heteroatoms. The number of amides is 1. The van der Waals surface area contributed by atoms with Crippen LogP contribution in [0.5, 0.6) is 11.5 Å². The van der Waals surface area contributed by atoms with Crippen LogP contribution in [0.25, 0.3) is 16.5 Å². The molecule has 0 radical (unpaired) electrons. The summed E-state index contributed by atoms with van der Waals surface area (Å²) in [5.74, 6) is -1.43. The molecule has 0 unspecified atom stereocenters. The van der Waals surface area contributed by atoms with Crippen molar-refractivity contribution in [3.63, 3.8) is 0 Å². The van der Waals surface area contributed by atoms with E-state index in [9.17, 15) is 24.5 Å². The van der Waals surface area contributed by atoms with Crippen LogP contribution >= 0.6 is 11.3 Å². The minimum Gasteiger partial charge on any atom is -0.493 e. The number of anilines is 1. The van der Waals surface area contributed by atoms with Gasteiger partial charge < -0.3 is 19.5 Å². The normalized spacial score (nSPS) is 10.7. The average molecular weight is 539 g/mol. The Morgan fingerprint density at radius 2 is 1.87 bits per heavy atom. The van der Waals surface area contributed by atoms with Crippen LogP contribution in [0.15, 0.2) is 46.6 Å². The van der Waals surface area contributed by atoms with Gasteiger partial charge >= 0.3 is 5.97 Å². The number of aromatic nitrogens is 2. The zero-order chi connectivity index (χ0) is 27.6. The van der Waals surface area contributed by atoms with Crippen LogP contribution < -0.4 is 20.3 Å². The van der Waals surface area contributed by atoms with Crippen LogP contribution in [0, 0.1) is 17.0 Å². The smallest absolute Gasteiger partial charge is 0.359 e. The summed E-state index contributed by atoms with van der Waals surface area (Å²) in [5, 5.41) is 20.3. The van der Waals surface area contributed by atoms with Gasteiger partial charge in [-0.15, -0.1) is 11.3 Å². The van der Waals surface area contributed by atoms with E-state index in [0.29, 0.717) is 5.69 Å². The first-order valence-corrected chi connectivity index (χ1v) is 12.1. The molecule has 4 rings (SSSR count). The van der Waals surface area contributed by atoms with Gasteiger partial charge in [0.1, 0.15) is 10.6 Å². The molecule has 1 N–H and O–H groups in total. The Kier molecular flexibility index (Phi) is 7.39. The number of fused-ring (bicyclic) bond motifs is 1. The second-order valence-electron chi connectivity index (χ2n) is 7.91. The Morgan fingerprint density at radius 1 is 1.16 bits per heavy atom. The van der Waals surface area contributed by atoms with E-state index in [2.05, 4.69) is 10.4 Å². The highest BCUT2D eigenvalue weighted by Gasteiger charge is 2.27. The number of esters is 1. The summed E-state index contributed by atoms with van der Waals surface area (Å²) in [6, 6.07) is 9.20. The van der Waals surface area contributed by atoms with Gasteiger partial charge in [-0.05, 0) is 31.5 Å². The van der Waals surface area contributed by atoms with Gasteiger partial charge in [0, 0.05) is 16.8 Å². The lowest BCUT2D eigenvalue weighted by molar-refractivity contribution is -0.385. The fourth-order valence-corrected chi connectivity index (χ4v) is 4.73. The number of nitro benzene ring substituents is 1. The first kappa shape index (κ1) is 26.3. The van der Waals surface area contributed by atoms with Gasteiger partial charge in [-0.25, -0.2) is 4.79 Å². The quantitative estimate of drug-likeness (QED) is 0.198. The van der Waals surface area contributed by atoms with Crippen molar-refractivity contribution < 1.29 is 28.7 Å². The molecule has 38 heavy (non-hydrogen) atoms. The Morgan fingerprint density at radius 3 is 2.50 bits per heavy atom. The van der Waals surface area contributed by atoms with Crippen LogP contribution in [-0.2, 0) is 4.74 Å². The number of nitrogens with zero attached hydrogens (tertiary/aromatic N) is 3. The fraction of sp³-hybridized carbons (Fsp3) is 0.200. The monoisotopic (exact) mass is 538 g/mol. The maximum atomic E-state index is 13.6. The number of benzene rings is 2. The van der Waals surface area contributed by atoms with Crippen LogP contribution in [0.2, 0.25) is 0 Å². The third kappa shape index (κ3) is 4.78. The molecule has 0 aliphatic rings. The summed E-state index contributed by atoms with van der Waals surface area (Å²) in [6.07, 6.45) is 0. The number of hydrogen-bond acceptors (Lipinski definition) is 10. The van der Waals surface area contributed by atoms with Gasteiger partial charge in [0.15, 0.2) is 17.2 Å². The molecule has 2 heterocycles. The number of hydrogen-bond donors (Lipinski definition) is 1. The molecule has 0 fully saturated rings. The van der Waals surface area contributed by atoms with Crippen molar-refractivity contribution in [2.45, 2.75) is 13.8 Å². The third-order valence-corrected chi connectivity index (χ3v) is 6.43. The van der Waals surface area contributed by atoms with Crippen LogP contribution in [0.1, 0.15) is 33.3 Å². The van der Waals surface area contributed by atoms with E-state index in [4.69, 9.17) is 14.2 Å². The van der Waals surface area contributed by atoms with E-state index in [-0.39, 0.29) is 45.1 Å². The topological polar surface area (TPSA) is 152 Å². The number of aryl methyl sites for hydroxylation is 1. The van der Waals surface area contributed by atoms with Crippen molar-refractivity contribution in [2.24, 2.45) is 0 Å². The molecular weight excluding hydrogens is 516 g/mol. The molecule has 1 amide bonds. The Bertz CT molecular complexity index is 1640. The molecule has 0 bridgehead atoms. The predicted octanol–water partition coefficient (Wildman–Crippen LogP) is 4.11. The number of methoxy groups -OCH3 is 2. The maximum Gasteiger partial charge on any atom is 0.359 e. The van der Waals surface area contributed by atoms with Gasteiger partial charge in [0.2, 0.25) is 0 Å². The minimum absolute atomic E-state index is 0.00559. The van der Waals surface area contributed by atoms with Crippen molar-refractivity contribution in [3.8, 4) is 17.2 Å². The summed E-state index contributed by atoms with van der Waals surface area (Å²) in [7, 11) is 2.64. The minimum atomic E-state index is -0.864. The summed E-state index contributed by atoms with van der Waals surface area (Å²) in [5.41, 5.74) is -0.288. The molecule has 0 atom stereocenters. The van der Waals surface area contributed by atoms with Gasteiger partial charge in [-0.2, -0.15) is 9.78 Å². The summed E-state index contributed by atoms with van der Waals surface area (Å²) >= 11 is 0.970. The molecular formula is C25H22N4O8S. The molecule has 2 aromatic carbocycles. The predicted molar refractivity (Wildman–Crippen MR) is 140 cm³/mol. The molecule has 0 saturated heterocycles. The molecule has 0 aliphatic heterocycles. The van der Waals surface area contributed by atoms with Gasteiger partial charge in [-0.3, -0.25) is 19.7 Å². The Balaban J connectivity index is 1.89. The van der Waals surface area contributed by atoms with Gasteiger partial charge in [0.25, 0.3) is 17.2 Å². The second-order valence-corrected chi connectivity index (χ2v) is 8.79. The van der Waals surface area contributed by atoms with E-state index in [0.717, 1.165) is 27.6 Å². The molecule has 12 nitrogen and oxygen atoms in total. The lowest BCUT2D eigenvalue weighted by atomic mass is 10.1. The number of carbonyl (C=O) groups excluding carboxylic acids is 2. The van der Waals surface area contributed by atoms with Crippen LogP contribution in [0.3, 0.4) is 0 Å². The number of rotatable bonds is 8. The third-order valence-electron chi connectivity index (χ3n) is 5.54. The second kappa shape index (κ2) is 10.7. The Labute approximate surface area is 219 Å². The largest absolute Gasteiger partial charge is 0.493 e. The zero-order valence-electron chi connectivity index (χ0n) is 20.8. The fourth-order valence-electron chi connectivity index (χ4n) is 3.80. The highest BCUT2D eigenvalue weighted by atomic mass is 32.1. The lowest BCUT2D eigenvalue weighted by Gasteiger charge is -2.11. The molecule has 196 valence electrons. The average Bonchev–Trinajstić information content (AvgIpc) is 3.32. The van der Waals surface area contributed by atoms with E-state index >= 15 is 0 Å². The number of nitro groups is 1. The molecule has 0 saturated carbocycles. The van der Waals surface area contributed by atoms with Crippen LogP contribution in [0.4, 0.5) is 10.7 Å². The van der Waals surface area contributed by atoms with Crippen molar-refractivity contribution >= 4 is 44.7 Å². The first-order chi connectivity index (χ1) is 18.2. The number of nitrogens with one attached hydrogen (secondary N) is 1. The molecule has 2 aromatic heterocycles. The number of ether oxygens (including phenoxy) is 3. The maximum absolute atomic E-state index is 13.6. The van der Waals surface area contributed by atoms with E-state index in [1.807, 2.05) is 13.0 Å². The van der Waals surface area contributed by atoms with Crippen LogP contribution in [-0.4, -0.2) is 47.4 Å². The SMILES string of the molecule is CCOC(=O)c1nn(-c2cccc(C)c2)c(=O)c2c(NC(=O)c3cc(OC)c(OC)cc3[N+](=O)[O-])scc12. The van der Waals surface area contributed by atoms with Crippen molar-refractivity contribution in [1.29, 1.82) is 0 Å². The molecule has 4 aromatic rings. The lowest BCUT2D eigenvalue weighted by Crippen LogP contribution is -2.25. The Hall–Kier alpha value is -4.78. The van der Waals surface area contributed by atoms with E-state index in [1.165, 1.54) is 25.7 Å². The van der Waals surface area contributed by atoms with E-state index in [1.54, 1.807) is 25.1 Å². The first-order valence-electron chi connectivity index (χ1n) is 11.2. The highest BCUT2D eigenvalue weighted by molar-refractivity contribution is 7.16. The summed E-state index contributed by atoms with van der Waals surface area (Å²) in [4.78, 5) is 50.6. The van der Waals surface area contributed by atoms with Gasteiger partial charge in [0.05, 0.1) is 42.9 Å². The molecule has 0 spiro atoms. The van der Waals surface area contributed by atoms with Crippen molar-refractivity contribution in [1.82, 2.24) is 9.78 Å². The summed E-state index contributed by atoms with van der Waals surface area (Å²) < 4.78 is 16.5. The number of carbonyl (C=O) groups is 2. The summed E-state index contributed by atoms with van der Waals surface area (Å²) in [6.45, 7) is 3.56. The van der Waals surface area contributed by atoms with Crippen molar-refractivity contribution in [3.05, 3.63) is 79.1 Å². The van der Waals surface area contributed by atoms with E-state index < -0.39 is 28.0 Å². The standard InChI is InChI=1S/C25H22N4O8S/c1-5-37-25(32)21-16-12-38-23(20(16)24(31)28(27-21)14-8-6-7-13(2)9-14)26-22(30)15-10-18(35-3)19(36-4)11-17(15)29(33)34/h6-12H,5H2,1-4H3,(H,26,30). The molecule has 0 aliphatic carbocycles.